The standard InChI is InChI=1S/C17H10Br2O4/c18-7-13(20)9-1-3-15-11(5-9)17(22)12-6-10(14(21)8-19)2-4-16(12)23-15/h1-6H,7-8H2. The third-order valence-corrected chi connectivity index (χ3v) is 4.57. The smallest absolute Gasteiger partial charge is 0.200 e. The SMILES string of the molecule is O=C(CBr)c1ccc2oc3ccc(C(=O)CBr)cc3c(=O)c2c1. The number of Topliss-reactive ketones (excluding diaryl/α,β-unsaturated/α-hetero) is 2. The Morgan fingerprint density at radius 1 is 0.826 bits per heavy atom. The summed E-state index contributed by atoms with van der Waals surface area (Å²) in [6.45, 7) is 0. The van der Waals surface area contributed by atoms with Gasteiger partial charge in [-0.25, -0.2) is 0 Å². The van der Waals surface area contributed by atoms with E-state index in [9.17, 15) is 14.4 Å². The van der Waals surface area contributed by atoms with Crippen molar-refractivity contribution in [1.29, 1.82) is 0 Å². The first-order valence-corrected chi connectivity index (χ1v) is 8.98. The zero-order chi connectivity index (χ0) is 16.6. The van der Waals surface area contributed by atoms with Crippen molar-refractivity contribution in [2.75, 3.05) is 10.7 Å². The van der Waals surface area contributed by atoms with E-state index in [0.717, 1.165) is 0 Å². The summed E-state index contributed by atoms with van der Waals surface area (Å²) in [5.41, 5.74) is 1.44. The third kappa shape index (κ3) is 2.88. The second-order valence-electron chi connectivity index (χ2n) is 4.97. The van der Waals surface area contributed by atoms with Crippen molar-refractivity contribution in [2.24, 2.45) is 0 Å². The number of hydrogen-bond donors (Lipinski definition) is 0. The van der Waals surface area contributed by atoms with E-state index in [1.807, 2.05) is 0 Å². The maximum Gasteiger partial charge on any atom is 0.200 e. The van der Waals surface area contributed by atoms with Crippen molar-refractivity contribution in [3.63, 3.8) is 0 Å². The largest absolute Gasteiger partial charge is 0.456 e. The molecule has 0 aliphatic carbocycles. The number of carbonyl (C=O) groups is 2. The molecule has 0 radical (unpaired) electrons. The van der Waals surface area contributed by atoms with Gasteiger partial charge in [0.15, 0.2) is 11.6 Å². The molecule has 0 aliphatic heterocycles. The molecule has 3 rings (SSSR count). The molecule has 116 valence electrons. The molecule has 3 aromatic rings. The molecule has 0 atom stereocenters. The molecule has 0 saturated heterocycles. The van der Waals surface area contributed by atoms with Crippen molar-refractivity contribution in [3.05, 3.63) is 57.7 Å². The number of rotatable bonds is 4. The molecular formula is C17H10Br2O4. The molecule has 0 fully saturated rings. The summed E-state index contributed by atoms with van der Waals surface area (Å²) in [6.07, 6.45) is 0. The summed E-state index contributed by atoms with van der Waals surface area (Å²) < 4.78 is 5.72. The fourth-order valence-corrected chi connectivity index (χ4v) is 3.01. The highest BCUT2D eigenvalue weighted by molar-refractivity contribution is 9.09. The topological polar surface area (TPSA) is 64.3 Å². The van der Waals surface area contributed by atoms with Crippen LogP contribution in [0.5, 0.6) is 0 Å². The molecule has 1 heterocycles. The molecule has 0 saturated carbocycles. The predicted octanol–water partition coefficient (Wildman–Crippen LogP) is 4.10. The van der Waals surface area contributed by atoms with Crippen LogP contribution in [-0.2, 0) is 0 Å². The van der Waals surface area contributed by atoms with Gasteiger partial charge in [0.1, 0.15) is 11.2 Å². The highest BCUT2D eigenvalue weighted by atomic mass is 79.9. The first kappa shape index (κ1) is 16.1. The zero-order valence-corrected chi connectivity index (χ0v) is 14.9. The normalized spacial score (nSPS) is 11.0. The third-order valence-electron chi connectivity index (χ3n) is 3.55. The number of alkyl halides is 2. The van der Waals surface area contributed by atoms with Crippen LogP contribution in [0.15, 0.2) is 45.6 Å². The lowest BCUT2D eigenvalue weighted by molar-refractivity contribution is 0.101. The van der Waals surface area contributed by atoms with Crippen molar-refractivity contribution in [1.82, 2.24) is 0 Å². The quantitative estimate of drug-likeness (QED) is 0.350. The Kier molecular flexibility index (Phi) is 4.46. The van der Waals surface area contributed by atoms with Crippen LogP contribution >= 0.6 is 31.9 Å². The summed E-state index contributed by atoms with van der Waals surface area (Å²) in [5.74, 6) is -0.232. The number of fused-ring (bicyclic) bond motifs is 2. The molecule has 0 unspecified atom stereocenters. The molecule has 0 aliphatic rings. The monoisotopic (exact) mass is 436 g/mol. The van der Waals surface area contributed by atoms with Crippen molar-refractivity contribution < 1.29 is 14.0 Å². The van der Waals surface area contributed by atoms with Crippen molar-refractivity contribution in [3.8, 4) is 0 Å². The number of ketones is 2. The van der Waals surface area contributed by atoms with Crippen LogP contribution in [0.1, 0.15) is 20.7 Å². The maximum atomic E-state index is 12.7. The number of carbonyl (C=O) groups excluding carboxylic acids is 2. The van der Waals surface area contributed by atoms with Gasteiger partial charge in [-0.15, -0.1) is 0 Å². The fraction of sp³-hybridized carbons (Fsp3) is 0.118. The number of benzene rings is 2. The van der Waals surface area contributed by atoms with Crippen LogP contribution in [0.25, 0.3) is 21.9 Å². The Hall–Kier alpha value is -1.79. The van der Waals surface area contributed by atoms with E-state index in [1.165, 1.54) is 12.1 Å². The molecule has 23 heavy (non-hydrogen) atoms. The van der Waals surface area contributed by atoms with E-state index in [2.05, 4.69) is 31.9 Å². The first-order valence-electron chi connectivity index (χ1n) is 6.74. The summed E-state index contributed by atoms with van der Waals surface area (Å²) in [7, 11) is 0. The van der Waals surface area contributed by atoms with Crippen LogP contribution < -0.4 is 5.43 Å². The molecule has 2 aromatic carbocycles. The van der Waals surface area contributed by atoms with Crippen LogP contribution in [0.3, 0.4) is 0 Å². The Balaban J connectivity index is 2.31. The molecule has 0 spiro atoms. The summed E-state index contributed by atoms with van der Waals surface area (Å²) in [4.78, 5) is 36.3. The van der Waals surface area contributed by atoms with Gasteiger partial charge in [-0.05, 0) is 36.4 Å². The molecule has 0 amide bonds. The predicted molar refractivity (Wildman–Crippen MR) is 96.2 cm³/mol. The van der Waals surface area contributed by atoms with Gasteiger partial charge in [-0.2, -0.15) is 0 Å². The minimum Gasteiger partial charge on any atom is -0.456 e. The molecule has 4 nitrogen and oxygen atoms in total. The lowest BCUT2D eigenvalue weighted by Crippen LogP contribution is -2.07. The maximum absolute atomic E-state index is 12.7. The van der Waals surface area contributed by atoms with Crippen molar-refractivity contribution >= 4 is 65.4 Å². The lowest BCUT2D eigenvalue weighted by atomic mass is 10.0. The minimum absolute atomic E-state index is 0.116. The Morgan fingerprint density at radius 2 is 1.26 bits per heavy atom. The molecule has 1 aromatic heterocycles. The number of halogens is 2. The van der Waals surface area contributed by atoms with E-state index in [-0.39, 0.29) is 27.7 Å². The lowest BCUT2D eigenvalue weighted by Gasteiger charge is -2.05. The molecular weight excluding hydrogens is 428 g/mol. The van der Waals surface area contributed by atoms with E-state index < -0.39 is 0 Å². The Bertz CT molecular complexity index is 928. The van der Waals surface area contributed by atoms with Gasteiger partial charge in [-0.3, -0.25) is 14.4 Å². The van der Waals surface area contributed by atoms with Crippen LogP contribution in [0, 0.1) is 0 Å². The first-order chi connectivity index (χ1) is 11.0. The summed E-state index contributed by atoms with van der Waals surface area (Å²) >= 11 is 6.23. The highest BCUT2D eigenvalue weighted by Crippen LogP contribution is 2.21. The molecule has 6 heteroatoms. The van der Waals surface area contributed by atoms with Gasteiger partial charge < -0.3 is 4.42 Å². The molecule has 0 bridgehead atoms. The van der Waals surface area contributed by atoms with E-state index in [0.29, 0.717) is 33.1 Å². The Morgan fingerprint density at radius 3 is 1.65 bits per heavy atom. The van der Waals surface area contributed by atoms with E-state index >= 15 is 0 Å². The second kappa shape index (κ2) is 6.37. The number of hydrogen-bond acceptors (Lipinski definition) is 4. The van der Waals surface area contributed by atoms with Crippen LogP contribution in [-0.4, -0.2) is 22.2 Å². The van der Waals surface area contributed by atoms with Crippen LogP contribution in [0.2, 0.25) is 0 Å². The molecule has 0 N–H and O–H groups in total. The Labute approximate surface area is 147 Å². The minimum atomic E-state index is -0.255. The summed E-state index contributed by atoms with van der Waals surface area (Å²) in [5, 5.41) is 1.02. The van der Waals surface area contributed by atoms with E-state index in [1.54, 1.807) is 24.3 Å². The zero-order valence-electron chi connectivity index (χ0n) is 11.8. The van der Waals surface area contributed by atoms with Gasteiger partial charge in [0, 0.05) is 11.1 Å². The average Bonchev–Trinajstić information content (AvgIpc) is 2.60. The van der Waals surface area contributed by atoms with Gasteiger partial charge in [0.25, 0.3) is 0 Å². The second-order valence-corrected chi connectivity index (χ2v) is 6.09. The van der Waals surface area contributed by atoms with Gasteiger partial charge in [0.2, 0.25) is 5.43 Å². The summed E-state index contributed by atoms with van der Waals surface area (Å²) in [6, 6.07) is 9.55. The average molecular weight is 438 g/mol. The van der Waals surface area contributed by atoms with Crippen LogP contribution in [0.4, 0.5) is 0 Å². The van der Waals surface area contributed by atoms with Gasteiger partial charge >= 0.3 is 0 Å². The van der Waals surface area contributed by atoms with Gasteiger partial charge in [-0.1, -0.05) is 31.9 Å². The van der Waals surface area contributed by atoms with Gasteiger partial charge in [0.05, 0.1) is 21.4 Å². The highest BCUT2D eigenvalue weighted by Gasteiger charge is 2.13. The fourth-order valence-electron chi connectivity index (χ4n) is 2.36. The van der Waals surface area contributed by atoms with Crippen molar-refractivity contribution in [2.45, 2.75) is 0 Å². The van der Waals surface area contributed by atoms with E-state index in [4.69, 9.17) is 4.42 Å².